The highest BCUT2D eigenvalue weighted by atomic mass is 79.9. The second-order valence-corrected chi connectivity index (χ2v) is 4.44. The van der Waals surface area contributed by atoms with Crippen LogP contribution in [0.3, 0.4) is 0 Å². The zero-order valence-electron chi connectivity index (χ0n) is 9.73. The van der Waals surface area contributed by atoms with Gasteiger partial charge < -0.3 is 10.5 Å². The van der Waals surface area contributed by atoms with Crippen molar-refractivity contribution >= 4 is 21.7 Å². The van der Waals surface area contributed by atoms with Gasteiger partial charge in [-0.05, 0) is 29.8 Å². The van der Waals surface area contributed by atoms with Gasteiger partial charge in [-0.1, -0.05) is 0 Å². The first-order chi connectivity index (χ1) is 7.97. The van der Waals surface area contributed by atoms with Crippen LogP contribution in [0, 0.1) is 13.8 Å². The third kappa shape index (κ3) is 2.38. The molecule has 2 rings (SSSR count). The maximum Gasteiger partial charge on any atom is 0.325 e. The number of halogens is 1. The van der Waals surface area contributed by atoms with Gasteiger partial charge in [0.1, 0.15) is 16.1 Å². The van der Waals surface area contributed by atoms with E-state index in [4.69, 9.17) is 10.5 Å². The van der Waals surface area contributed by atoms with Gasteiger partial charge >= 0.3 is 6.01 Å². The molecule has 0 atom stereocenters. The van der Waals surface area contributed by atoms with Gasteiger partial charge in [0.05, 0.1) is 5.69 Å². The molecular weight excluding hydrogens is 286 g/mol. The zero-order chi connectivity index (χ0) is 12.6. The quantitative estimate of drug-likeness (QED) is 0.857. The molecule has 0 saturated heterocycles. The summed E-state index contributed by atoms with van der Waals surface area (Å²) in [6.45, 7) is 3.78. The Bertz CT molecular complexity index is 546. The van der Waals surface area contributed by atoms with Crippen molar-refractivity contribution in [1.29, 1.82) is 0 Å². The zero-order valence-corrected chi connectivity index (χ0v) is 11.3. The molecule has 0 fully saturated rings. The van der Waals surface area contributed by atoms with Crippen LogP contribution < -0.4 is 10.5 Å². The van der Waals surface area contributed by atoms with Gasteiger partial charge in [-0.3, -0.25) is 4.68 Å². The smallest absolute Gasteiger partial charge is 0.325 e. The monoisotopic (exact) mass is 297 g/mol. The van der Waals surface area contributed by atoms with Crippen LogP contribution in [0.1, 0.15) is 11.4 Å². The fourth-order valence-electron chi connectivity index (χ4n) is 1.45. The normalized spacial score (nSPS) is 10.6. The Labute approximate surface area is 107 Å². The number of nitrogen functional groups attached to an aromatic ring is 1. The highest BCUT2D eigenvalue weighted by Gasteiger charge is 2.13. The molecule has 0 aliphatic carbocycles. The minimum Gasteiger partial charge on any atom is -0.420 e. The summed E-state index contributed by atoms with van der Waals surface area (Å²) in [5.74, 6) is 1.01. The van der Waals surface area contributed by atoms with Gasteiger partial charge in [0.15, 0.2) is 5.75 Å². The Kier molecular flexibility index (Phi) is 3.01. The third-order valence-electron chi connectivity index (χ3n) is 2.33. The molecule has 0 bridgehead atoms. The van der Waals surface area contributed by atoms with Crippen LogP contribution in [0.15, 0.2) is 10.7 Å². The van der Waals surface area contributed by atoms with E-state index in [0.29, 0.717) is 16.2 Å². The fraction of sp³-hybridized carbons (Fsp3) is 0.300. The standard InChI is InChI=1S/C10H12BrN5O/c1-5-9(6(2)16(3)15-5)17-10-13-7(11)4-8(12)14-10/h4H,1-3H3,(H2,12,13,14). The van der Waals surface area contributed by atoms with Gasteiger partial charge in [0, 0.05) is 13.1 Å². The predicted octanol–water partition coefficient (Wildman–Crippen LogP) is 1.96. The van der Waals surface area contributed by atoms with Gasteiger partial charge in [0.2, 0.25) is 0 Å². The van der Waals surface area contributed by atoms with Crippen LogP contribution in [-0.2, 0) is 7.05 Å². The molecule has 0 saturated carbocycles. The highest BCUT2D eigenvalue weighted by Crippen LogP contribution is 2.26. The van der Waals surface area contributed by atoms with Gasteiger partial charge in [-0.25, -0.2) is 0 Å². The second-order valence-electron chi connectivity index (χ2n) is 3.62. The van der Waals surface area contributed by atoms with Crippen LogP contribution >= 0.6 is 15.9 Å². The minimum absolute atomic E-state index is 0.205. The topological polar surface area (TPSA) is 78.8 Å². The van der Waals surface area contributed by atoms with Crippen molar-refractivity contribution < 1.29 is 4.74 Å². The largest absolute Gasteiger partial charge is 0.420 e. The predicted molar refractivity (Wildman–Crippen MR) is 66.9 cm³/mol. The summed E-state index contributed by atoms with van der Waals surface area (Å²) >= 11 is 3.24. The molecule has 0 amide bonds. The lowest BCUT2D eigenvalue weighted by molar-refractivity contribution is 0.434. The summed E-state index contributed by atoms with van der Waals surface area (Å²) in [6.07, 6.45) is 0. The summed E-state index contributed by atoms with van der Waals surface area (Å²) in [5, 5.41) is 4.24. The first-order valence-electron chi connectivity index (χ1n) is 4.95. The highest BCUT2D eigenvalue weighted by molar-refractivity contribution is 9.10. The fourth-order valence-corrected chi connectivity index (χ4v) is 1.84. The molecule has 2 N–H and O–H groups in total. The van der Waals surface area contributed by atoms with Gasteiger partial charge in [0.25, 0.3) is 0 Å². The van der Waals surface area contributed by atoms with Crippen molar-refractivity contribution in [2.45, 2.75) is 13.8 Å². The molecule has 2 aromatic rings. The molecule has 0 aromatic carbocycles. The first kappa shape index (κ1) is 11.8. The molecule has 17 heavy (non-hydrogen) atoms. The molecule has 0 aliphatic rings. The SMILES string of the molecule is Cc1nn(C)c(C)c1Oc1nc(N)cc(Br)n1. The van der Waals surface area contributed by atoms with Crippen molar-refractivity contribution in [3.8, 4) is 11.8 Å². The lowest BCUT2D eigenvalue weighted by atomic mass is 10.3. The number of aromatic nitrogens is 4. The van der Waals surface area contributed by atoms with E-state index in [9.17, 15) is 0 Å². The number of hydrogen-bond donors (Lipinski definition) is 1. The average molecular weight is 298 g/mol. The number of aryl methyl sites for hydroxylation is 2. The summed E-state index contributed by atoms with van der Waals surface area (Å²) < 4.78 is 7.93. The van der Waals surface area contributed by atoms with E-state index in [-0.39, 0.29) is 6.01 Å². The number of hydrogen-bond acceptors (Lipinski definition) is 5. The van der Waals surface area contributed by atoms with Crippen molar-refractivity contribution in [1.82, 2.24) is 19.7 Å². The van der Waals surface area contributed by atoms with Crippen LogP contribution in [0.5, 0.6) is 11.8 Å². The molecule has 0 unspecified atom stereocenters. The van der Waals surface area contributed by atoms with E-state index in [1.54, 1.807) is 10.7 Å². The molecule has 90 valence electrons. The maximum atomic E-state index is 5.61. The van der Waals surface area contributed by atoms with E-state index in [1.807, 2.05) is 20.9 Å². The molecule has 0 aliphatic heterocycles. The lowest BCUT2D eigenvalue weighted by Gasteiger charge is -2.05. The Morgan fingerprint density at radius 1 is 1.35 bits per heavy atom. The van der Waals surface area contributed by atoms with E-state index < -0.39 is 0 Å². The summed E-state index contributed by atoms with van der Waals surface area (Å²) in [7, 11) is 1.85. The maximum absolute atomic E-state index is 5.61. The first-order valence-corrected chi connectivity index (χ1v) is 5.75. The molecule has 2 heterocycles. The lowest BCUT2D eigenvalue weighted by Crippen LogP contribution is -1.98. The molecule has 0 spiro atoms. The molecule has 6 nitrogen and oxygen atoms in total. The van der Waals surface area contributed by atoms with E-state index in [1.165, 1.54) is 0 Å². The molecule has 0 radical (unpaired) electrons. The average Bonchev–Trinajstić information content (AvgIpc) is 2.44. The van der Waals surface area contributed by atoms with E-state index in [0.717, 1.165) is 11.4 Å². The van der Waals surface area contributed by atoms with Gasteiger partial charge in [-0.2, -0.15) is 15.1 Å². The number of rotatable bonds is 2. The number of anilines is 1. The Hall–Kier alpha value is -1.63. The summed E-state index contributed by atoms with van der Waals surface area (Å²) in [4.78, 5) is 8.09. The Balaban J connectivity index is 2.37. The number of nitrogens with zero attached hydrogens (tertiary/aromatic N) is 4. The minimum atomic E-state index is 0.205. The van der Waals surface area contributed by atoms with Crippen molar-refractivity contribution in [2.75, 3.05) is 5.73 Å². The van der Waals surface area contributed by atoms with E-state index >= 15 is 0 Å². The van der Waals surface area contributed by atoms with Gasteiger partial charge in [-0.15, -0.1) is 0 Å². The van der Waals surface area contributed by atoms with Crippen LogP contribution in [0.25, 0.3) is 0 Å². The van der Waals surface area contributed by atoms with E-state index in [2.05, 4.69) is 31.0 Å². The number of nitrogens with two attached hydrogens (primary N) is 1. The summed E-state index contributed by atoms with van der Waals surface area (Å²) in [6, 6.07) is 1.81. The van der Waals surface area contributed by atoms with Crippen LogP contribution in [0.4, 0.5) is 5.82 Å². The number of ether oxygens (including phenoxy) is 1. The summed E-state index contributed by atoms with van der Waals surface area (Å²) in [5.41, 5.74) is 7.30. The van der Waals surface area contributed by atoms with Crippen LogP contribution in [-0.4, -0.2) is 19.7 Å². The molecular formula is C10H12BrN5O. The second kappa shape index (κ2) is 4.33. The van der Waals surface area contributed by atoms with Crippen LogP contribution in [0.2, 0.25) is 0 Å². The van der Waals surface area contributed by atoms with Crippen molar-refractivity contribution in [3.63, 3.8) is 0 Å². The Morgan fingerprint density at radius 2 is 2.06 bits per heavy atom. The van der Waals surface area contributed by atoms with Crippen molar-refractivity contribution in [2.24, 2.45) is 7.05 Å². The molecule has 7 heteroatoms. The van der Waals surface area contributed by atoms with Crippen molar-refractivity contribution in [3.05, 3.63) is 22.1 Å². The third-order valence-corrected chi connectivity index (χ3v) is 2.74. The Morgan fingerprint density at radius 3 is 2.59 bits per heavy atom. The molecule has 2 aromatic heterocycles.